The third-order valence-corrected chi connectivity index (χ3v) is 7.94. The van der Waals surface area contributed by atoms with E-state index in [4.69, 9.17) is 4.74 Å². The number of fused-ring (bicyclic) bond motifs is 4. The summed E-state index contributed by atoms with van der Waals surface area (Å²) in [5, 5.41) is 4.57. The zero-order valence-electron chi connectivity index (χ0n) is 17.3. The Balaban J connectivity index is 1.30. The highest BCUT2D eigenvalue weighted by molar-refractivity contribution is 9.10. The molecule has 10 heteroatoms. The Bertz CT molecular complexity index is 1250. The molecule has 0 unspecified atom stereocenters. The maximum atomic E-state index is 13.0. The number of nitrogens with one attached hydrogen (secondary N) is 1. The van der Waals surface area contributed by atoms with Gasteiger partial charge in [0, 0.05) is 35.2 Å². The van der Waals surface area contributed by atoms with E-state index in [0.717, 1.165) is 44.7 Å². The number of ether oxygens (including phenoxy) is 1. The topological polar surface area (TPSA) is 83.0 Å². The highest BCUT2D eigenvalue weighted by atomic mass is 79.9. The lowest BCUT2D eigenvalue weighted by Gasteiger charge is -2.34. The number of benzene rings is 1. The molecule has 2 amide bonds. The van der Waals surface area contributed by atoms with E-state index in [9.17, 15) is 4.79 Å². The van der Waals surface area contributed by atoms with Gasteiger partial charge in [-0.2, -0.15) is 0 Å². The van der Waals surface area contributed by atoms with E-state index in [1.807, 2.05) is 16.0 Å². The molecule has 0 bridgehead atoms. The number of thiophene rings is 1. The third-order valence-electron chi connectivity index (χ3n) is 6.16. The molecule has 1 saturated heterocycles. The van der Waals surface area contributed by atoms with E-state index < -0.39 is 0 Å². The first kappa shape index (κ1) is 20.1. The molecule has 164 valence electrons. The summed E-state index contributed by atoms with van der Waals surface area (Å²) in [4.78, 5) is 32.4. The Labute approximate surface area is 197 Å². The van der Waals surface area contributed by atoms with Gasteiger partial charge in [0.05, 0.1) is 37.4 Å². The van der Waals surface area contributed by atoms with Crippen molar-refractivity contribution in [1.29, 1.82) is 0 Å². The van der Waals surface area contributed by atoms with Gasteiger partial charge >= 0.3 is 6.03 Å². The van der Waals surface area contributed by atoms with Crippen LogP contribution in [0.25, 0.3) is 10.2 Å². The molecule has 1 fully saturated rings. The molecule has 0 aliphatic carbocycles. The van der Waals surface area contributed by atoms with Crippen LogP contribution in [0.15, 0.2) is 27.9 Å². The van der Waals surface area contributed by atoms with Crippen molar-refractivity contribution in [2.45, 2.75) is 19.5 Å². The van der Waals surface area contributed by atoms with Crippen LogP contribution >= 0.6 is 27.3 Å². The van der Waals surface area contributed by atoms with E-state index in [2.05, 4.69) is 48.3 Å². The van der Waals surface area contributed by atoms with E-state index in [0.29, 0.717) is 39.4 Å². The Morgan fingerprint density at radius 2 is 2.03 bits per heavy atom. The van der Waals surface area contributed by atoms with Crippen LogP contribution in [0.1, 0.15) is 21.6 Å². The molecule has 32 heavy (non-hydrogen) atoms. The first-order valence-electron chi connectivity index (χ1n) is 10.6. The fraction of sp³-hybridized carbons (Fsp3) is 0.364. The van der Waals surface area contributed by atoms with Crippen LogP contribution in [0.2, 0.25) is 0 Å². The number of urea groups is 1. The van der Waals surface area contributed by atoms with Crippen LogP contribution in [0.5, 0.6) is 0 Å². The monoisotopic (exact) mass is 512 g/mol. The lowest BCUT2D eigenvalue weighted by Crippen LogP contribution is -2.49. The molecule has 6 rings (SSSR count). The Morgan fingerprint density at radius 3 is 2.91 bits per heavy atom. The predicted molar refractivity (Wildman–Crippen MR) is 128 cm³/mol. The van der Waals surface area contributed by atoms with Crippen molar-refractivity contribution < 1.29 is 9.53 Å². The minimum atomic E-state index is 0.101. The molecule has 0 saturated carbocycles. The highest BCUT2D eigenvalue weighted by Gasteiger charge is 2.29. The number of amides is 2. The Morgan fingerprint density at radius 1 is 1.16 bits per heavy atom. The maximum absolute atomic E-state index is 13.0. The predicted octanol–water partition coefficient (Wildman–Crippen LogP) is 3.94. The van der Waals surface area contributed by atoms with E-state index in [-0.39, 0.29) is 6.03 Å². The Hall–Kier alpha value is -2.56. The zero-order chi connectivity index (χ0) is 21.7. The second-order valence-corrected chi connectivity index (χ2v) is 10.0. The largest absolute Gasteiger partial charge is 0.378 e. The lowest BCUT2D eigenvalue weighted by atomic mass is 10.0. The van der Waals surface area contributed by atoms with Crippen molar-refractivity contribution in [3.05, 3.63) is 44.5 Å². The number of hydrogen-bond acceptors (Lipinski definition) is 7. The van der Waals surface area contributed by atoms with E-state index in [1.165, 1.54) is 16.0 Å². The number of anilines is 2. The van der Waals surface area contributed by atoms with Gasteiger partial charge in [-0.1, -0.05) is 0 Å². The number of nitrogens with zero attached hydrogens (tertiary/aromatic N) is 5. The van der Waals surface area contributed by atoms with Gasteiger partial charge < -0.3 is 19.9 Å². The van der Waals surface area contributed by atoms with Crippen LogP contribution in [0.3, 0.4) is 0 Å². The average Bonchev–Trinajstić information content (AvgIpc) is 3.43. The van der Waals surface area contributed by atoms with E-state index >= 15 is 0 Å². The summed E-state index contributed by atoms with van der Waals surface area (Å²) in [6.45, 7) is 4.59. The summed E-state index contributed by atoms with van der Waals surface area (Å²) in [7, 11) is 0. The standard InChI is InChI=1S/C22H21BrN6O2S/c23-16-7-13-9-24-10-14(13)8-17(16)27-20-19-15-1-2-29(22(30)28-3-5-31-6-4-28)11-18(15)32-21(19)26-12-25-20/h7-8,10,12H,1-6,9,11H2,(H,25,26,27). The fourth-order valence-electron chi connectivity index (χ4n) is 4.49. The number of rotatable bonds is 2. The SMILES string of the molecule is O=C(N1CCOCC1)N1CCc2c(sc3ncnc(Nc4cc5c(cc4Br)CN=C5)c23)C1. The summed E-state index contributed by atoms with van der Waals surface area (Å²) >= 11 is 5.34. The third kappa shape index (κ3) is 3.46. The van der Waals surface area contributed by atoms with Crippen molar-refractivity contribution in [3.8, 4) is 0 Å². The summed E-state index contributed by atoms with van der Waals surface area (Å²) in [6, 6.07) is 4.32. The number of aromatic nitrogens is 2. The van der Waals surface area contributed by atoms with Crippen molar-refractivity contribution >= 4 is 61.2 Å². The van der Waals surface area contributed by atoms with E-state index in [1.54, 1.807) is 17.7 Å². The van der Waals surface area contributed by atoms with Gasteiger partial charge in [0.25, 0.3) is 0 Å². The zero-order valence-corrected chi connectivity index (χ0v) is 19.7. The second-order valence-electron chi connectivity index (χ2n) is 8.09. The first-order chi connectivity index (χ1) is 15.7. The van der Waals surface area contributed by atoms with Crippen molar-refractivity contribution in [2.24, 2.45) is 4.99 Å². The summed E-state index contributed by atoms with van der Waals surface area (Å²) in [5.41, 5.74) is 4.55. The Kier molecular flexibility index (Phi) is 5.08. The van der Waals surface area contributed by atoms with Crippen molar-refractivity contribution in [1.82, 2.24) is 19.8 Å². The molecule has 0 spiro atoms. The van der Waals surface area contributed by atoms with Gasteiger partial charge in [0.15, 0.2) is 0 Å². The van der Waals surface area contributed by atoms with Gasteiger partial charge in [-0.05, 0) is 51.2 Å². The number of morpholine rings is 1. The van der Waals surface area contributed by atoms with Gasteiger partial charge in [-0.25, -0.2) is 14.8 Å². The number of carbonyl (C=O) groups is 1. The van der Waals surface area contributed by atoms with Gasteiger partial charge in [0.2, 0.25) is 0 Å². The van der Waals surface area contributed by atoms with Gasteiger partial charge in [-0.15, -0.1) is 11.3 Å². The van der Waals surface area contributed by atoms with Crippen LogP contribution in [0.4, 0.5) is 16.3 Å². The van der Waals surface area contributed by atoms with Gasteiger partial charge in [-0.3, -0.25) is 4.99 Å². The molecule has 0 radical (unpaired) electrons. The summed E-state index contributed by atoms with van der Waals surface area (Å²) in [5.74, 6) is 0.802. The number of halogens is 1. The highest BCUT2D eigenvalue weighted by Crippen LogP contribution is 2.39. The van der Waals surface area contributed by atoms with Crippen LogP contribution in [-0.4, -0.2) is 64.9 Å². The average molecular weight is 513 g/mol. The minimum absolute atomic E-state index is 0.101. The maximum Gasteiger partial charge on any atom is 0.320 e. The smallest absolute Gasteiger partial charge is 0.320 e. The minimum Gasteiger partial charge on any atom is -0.378 e. The molecule has 3 aromatic rings. The molecule has 3 aliphatic heterocycles. The molecule has 1 aromatic carbocycles. The van der Waals surface area contributed by atoms with Crippen LogP contribution in [0, 0.1) is 0 Å². The normalized spacial score (nSPS) is 17.5. The fourth-order valence-corrected chi connectivity index (χ4v) is 6.19. The summed E-state index contributed by atoms with van der Waals surface area (Å²) in [6.07, 6.45) is 4.31. The lowest BCUT2D eigenvalue weighted by molar-refractivity contribution is 0.0423. The molecule has 5 heterocycles. The first-order valence-corrected chi connectivity index (χ1v) is 12.2. The number of carbonyl (C=O) groups excluding carboxylic acids is 1. The molecular formula is C22H21BrN6O2S. The number of hydrogen-bond donors (Lipinski definition) is 1. The second kappa shape index (κ2) is 8.09. The van der Waals surface area contributed by atoms with Crippen LogP contribution < -0.4 is 5.32 Å². The molecule has 2 aromatic heterocycles. The molecule has 0 atom stereocenters. The molecule has 8 nitrogen and oxygen atoms in total. The van der Waals surface area contributed by atoms with Crippen LogP contribution in [-0.2, 0) is 24.2 Å². The summed E-state index contributed by atoms with van der Waals surface area (Å²) < 4.78 is 6.37. The van der Waals surface area contributed by atoms with Crippen molar-refractivity contribution in [3.63, 3.8) is 0 Å². The number of aliphatic imine (C=N–C) groups is 1. The molecular weight excluding hydrogens is 492 g/mol. The molecule has 3 aliphatic rings. The van der Waals surface area contributed by atoms with Crippen molar-refractivity contribution in [2.75, 3.05) is 38.2 Å². The van der Waals surface area contributed by atoms with Gasteiger partial charge in [0.1, 0.15) is 17.0 Å². The quantitative estimate of drug-likeness (QED) is 0.562. The molecule has 1 N–H and O–H groups in total.